The van der Waals surface area contributed by atoms with Crippen LogP contribution in [-0.4, -0.2) is 0 Å². The summed E-state index contributed by atoms with van der Waals surface area (Å²) in [7, 11) is 0. The molecule has 3 aromatic rings. The molecular weight excluding hydrogens is 655 g/mol. The fourth-order valence-electron chi connectivity index (χ4n) is 2.47. The van der Waals surface area contributed by atoms with Gasteiger partial charge >= 0.3 is 0 Å². The Balaban J connectivity index is 1.86. The molecule has 0 aliphatic carbocycles. The molecule has 142 valence electrons. The van der Waals surface area contributed by atoms with E-state index < -0.39 is 0 Å². The van der Waals surface area contributed by atoms with E-state index in [9.17, 15) is 0 Å². The van der Waals surface area contributed by atoms with Gasteiger partial charge in [-0.2, -0.15) is 0 Å². The first-order chi connectivity index (χ1) is 13.3. The standard InChI is InChI=1S/C22H12Br4Cl2/c23-19-10-16(4-2-14-6-8-18(28)12-22(14)26)20(24)9-15(19)3-1-13-5-7-17(27)11-21(13)25/h1-12H/b3-1-,4-2-. The molecule has 28 heavy (non-hydrogen) atoms. The van der Waals surface area contributed by atoms with Crippen molar-refractivity contribution in [1.29, 1.82) is 0 Å². The van der Waals surface area contributed by atoms with Gasteiger partial charge in [-0.15, -0.1) is 0 Å². The van der Waals surface area contributed by atoms with Crippen LogP contribution in [-0.2, 0) is 0 Å². The van der Waals surface area contributed by atoms with E-state index >= 15 is 0 Å². The Labute approximate surface area is 208 Å². The second kappa shape index (κ2) is 10.1. The van der Waals surface area contributed by atoms with E-state index in [1.54, 1.807) is 0 Å². The summed E-state index contributed by atoms with van der Waals surface area (Å²) in [5, 5.41) is 1.41. The Bertz CT molecular complexity index is 1000. The molecule has 0 saturated carbocycles. The molecule has 0 bridgehead atoms. The maximum atomic E-state index is 6.01. The second-order valence-electron chi connectivity index (χ2n) is 5.89. The normalized spacial score (nSPS) is 11.6. The fraction of sp³-hybridized carbons (Fsp3) is 0. The third kappa shape index (κ3) is 5.84. The van der Waals surface area contributed by atoms with Crippen LogP contribution in [0, 0.1) is 0 Å². The molecule has 0 unspecified atom stereocenters. The van der Waals surface area contributed by atoms with Crippen LogP contribution in [0.5, 0.6) is 0 Å². The van der Waals surface area contributed by atoms with E-state index in [1.165, 1.54) is 0 Å². The van der Waals surface area contributed by atoms with Crippen molar-refractivity contribution >= 4 is 111 Å². The third-order valence-electron chi connectivity index (χ3n) is 3.93. The van der Waals surface area contributed by atoms with Gasteiger partial charge in [-0.25, -0.2) is 0 Å². The van der Waals surface area contributed by atoms with Crippen LogP contribution in [0.15, 0.2) is 66.4 Å². The van der Waals surface area contributed by atoms with Gasteiger partial charge in [0.25, 0.3) is 0 Å². The number of halogens is 6. The number of benzene rings is 3. The van der Waals surface area contributed by atoms with Gasteiger partial charge in [-0.3, -0.25) is 0 Å². The maximum Gasteiger partial charge on any atom is 0.0417 e. The molecule has 0 amide bonds. The molecule has 3 rings (SSSR count). The highest BCUT2D eigenvalue weighted by Crippen LogP contribution is 2.31. The highest BCUT2D eigenvalue weighted by Gasteiger charge is 2.05. The Morgan fingerprint density at radius 2 is 0.786 bits per heavy atom. The molecule has 0 atom stereocenters. The van der Waals surface area contributed by atoms with Gasteiger partial charge in [-0.1, -0.05) is 123 Å². The predicted molar refractivity (Wildman–Crippen MR) is 138 cm³/mol. The SMILES string of the molecule is Clc1ccc(/C=C\c2cc(Br)c(/C=C\c3ccc(Cl)cc3Br)cc2Br)c(Br)c1. The molecule has 0 heterocycles. The molecule has 6 heteroatoms. The summed E-state index contributed by atoms with van der Waals surface area (Å²) in [6.45, 7) is 0. The van der Waals surface area contributed by atoms with Gasteiger partial charge in [0.1, 0.15) is 0 Å². The summed E-state index contributed by atoms with van der Waals surface area (Å²) in [5.41, 5.74) is 4.25. The van der Waals surface area contributed by atoms with Gasteiger partial charge < -0.3 is 0 Å². The van der Waals surface area contributed by atoms with E-state index in [0.29, 0.717) is 10.0 Å². The van der Waals surface area contributed by atoms with Crippen LogP contribution in [0.25, 0.3) is 24.3 Å². The van der Waals surface area contributed by atoms with Gasteiger partial charge in [-0.05, 0) is 58.7 Å². The van der Waals surface area contributed by atoms with Crippen LogP contribution >= 0.6 is 86.9 Å². The largest absolute Gasteiger partial charge is 0.0843 e. The molecule has 0 N–H and O–H groups in total. The molecular formula is C22H12Br4Cl2. The van der Waals surface area contributed by atoms with Crippen molar-refractivity contribution < 1.29 is 0 Å². The Kier molecular flexibility index (Phi) is 8.05. The zero-order valence-electron chi connectivity index (χ0n) is 14.2. The van der Waals surface area contributed by atoms with Gasteiger partial charge in [0.05, 0.1) is 0 Å². The lowest BCUT2D eigenvalue weighted by Gasteiger charge is -2.06. The van der Waals surface area contributed by atoms with Crippen LogP contribution in [0.1, 0.15) is 22.3 Å². The lowest BCUT2D eigenvalue weighted by molar-refractivity contribution is 1.52. The second-order valence-corrected chi connectivity index (χ2v) is 10.2. The molecule has 0 aromatic heterocycles. The van der Waals surface area contributed by atoms with Gasteiger partial charge in [0.2, 0.25) is 0 Å². The van der Waals surface area contributed by atoms with Crippen molar-refractivity contribution in [2.45, 2.75) is 0 Å². The molecule has 0 aliphatic heterocycles. The van der Waals surface area contributed by atoms with Crippen molar-refractivity contribution in [3.8, 4) is 0 Å². The summed E-state index contributed by atoms with van der Waals surface area (Å²) in [6, 6.07) is 15.6. The van der Waals surface area contributed by atoms with E-state index in [-0.39, 0.29) is 0 Å². The molecule has 0 radical (unpaired) electrons. The summed E-state index contributed by atoms with van der Waals surface area (Å²) in [4.78, 5) is 0. The van der Waals surface area contributed by atoms with Crippen molar-refractivity contribution in [3.63, 3.8) is 0 Å². The quantitative estimate of drug-likeness (QED) is 0.243. The average molecular weight is 667 g/mol. The lowest BCUT2D eigenvalue weighted by Crippen LogP contribution is -1.83. The van der Waals surface area contributed by atoms with Gasteiger partial charge in [0, 0.05) is 27.9 Å². The Morgan fingerprint density at radius 3 is 1.14 bits per heavy atom. The topological polar surface area (TPSA) is 0 Å². The predicted octanol–water partition coefficient (Wildman–Crippen LogP) is 10.4. The van der Waals surface area contributed by atoms with Gasteiger partial charge in [0.15, 0.2) is 0 Å². The molecule has 0 fully saturated rings. The summed E-state index contributed by atoms with van der Waals surface area (Å²) in [5.74, 6) is 0. The van der Waals surface area contributed by atoms with E-state index in [2.05, 4.69) is 88.0 Å². The first-order valence-corrected chi connectivity index (χ1v) is 12.0. The monoisotopic (exact) mass is 662 g/mol. The van der Waals surface area contributed by atoms with Crippen molar-refractivity contribution in [2.24, 2.45) is 0 Å². The van der Waals surface area contributed by atoms with Crippen molar-refractivity contribution in [3.05, 3.63) is 98.7 Å². The Hall–Kier alpha value is -0.360. The highest BCUT2D eigenvalue weighted by molar-refractivity contribution is 9.11. The minimum atomic E-state index is 0.705. The number of hydrogen-bond acceptors (Lipinski definition) is 0. The van der Waals surface area contributed by atoms with Crippen LogP contribution in [0.4, 0.5) is 0 Å². The van der Waals surface area contributed by atoms with E-state index in [1.807, 2.05) is 48.6 Å². The molecule has 3 aromatic carbocycles. The third-order valence-corrected chi connectivity index (χ3v) is 7.14. The zero-order valence-corrected chi connectivity index (χ0v) is 22.1. The summed E-state index contributed by atoms with van der Waals surface area (Å²) >= 11 is 26.4. The van der Waals surface area contributed by atoms with E-state index in [4.69, 9.17) is 23.2 Å². The summed E-state index contributed by atoms with van der Waals surface area (Å²) in [6.07, 6.45) is 8.22. The minimum absolute atomic E-state index is 0.705. The van der Waals surface area contributed by atoms with Crippen LogP contribution in [0.2, 0.25) is 10.0 Å². The Morgan fingerprint density at radius 1 is 0.464 bits per heavy atom. The first kappa shape index (κ1) is 22.3. The van der Waals surface area contributed by atoms with Crippen LogP contribution < -0.4 is 0 Å². The molecule has 0 saturated heterocycles. The zero-order chi connectivity index (χ0) is 20.3. The number of hydrogen-bond donors (Lipinski definition) is 0. The van der Waals surface area contributed by atoms with Crippen molar-refractivity contribution in [1.82, 2.24) is 0 Å². The molecule has 0 spiro atoms. The van der Waals surface area contributed by atoms with E-state index in [0.717, 1.165) is 40.1 Å². The first-order valence-electron chi connectivity index (χ1n) is 8.09. The number of rotatable bonds is 4. The lowest BCUT2D eigenvalue weighted by atomic mass is 10.1. The molecule has 0 aliphatic rings. The highest BCUT2D eigenvalue weighted by atomic mass is 79.9. The van der Waals surface area contributed by atoms with Crippen molar-refractivity contribution in [2.75, 3.05) is 0 Å². The fourth-order valence-corrected chi connectivity index (χ4v) is 5.08. The summed E-state index contributed by atoms with van der Waals surface area (Å²) < 4.78 is 3.93. The molecule has 0 nitrogen and oxygen atoms in total. The average Bonchev–Trinajstić information content (AvgIpc) is 2.63. The van der Waals surface area contributed by atoms with Crippen LogP contribution in [0.3, 0.4) is 0 Å². The minimum Gasteiger partial charge on any atom is -0.0843 e. The maximum absolute atomic E-state index is 6.01. The smallest absolute Gasteiger partial charge is 0.0417 e.